The average Bonchev–Trinajstić information content (AvgIpc) is 2.72. The van der Waals surface area contributed by atoms with Gasteiger partial charge in [0.2, 0.25) is 0 Å². The summed E-state index contributed by atoms with van der Waals surface area (Å²) in [5, 5.41) is 2.79. The van der Waals surface area contributed by atoms with Gasteiger partial charge >= 0.3 is 18.2 Å². The second-order valence-corrected chi connectivity index (χ2v) is 9.23. The first-order valence-electron chi connectivity index (χ1n) is 9.82. The third-order valence-corrected chi connectivity index (χ3v) is 4.42. The van der Waals surface area contributed by atoms with Crippen LogP contribution in [0.15, 0.2) is 0 Å². The van der Waals surface area contributed by atoms with Crippen molar-refractivity contribution in [3.63, 3.8) is 0 Å². The van der Waals surface area contributed by atoms with Crippen molar-refractivity contribution in [1.82, 2.24) is 10.2 Å². The number of alkyl carbamates (subject to hydrolysis) is 1. The van der Waals surface area contributed by atoms with E-state index in [1.807, 2.05) is 20.8 Å². The Hall–Kier alpha value is -1.99. The van der Waals surface area contributed by atoms with Crippen LogP contribution in [0.2, 0.25) is 0 Å². The van der Waals surface area contributed by atoms with Crippen LogP contribution >= 0.6 is 0 Å². The predicted octanol–water partition coefficient (Wildman–Crippen LogP) is 3.34. The highest BCUT2D eigenvalue weighted by atomic mass is 16.6. The lowest BCUT2D eigenvalue weighted by molar-refractivity contribution is -0.142. The first-order valence-corrected chi connectivity index (χ1v) is 9.82. The Balaban J connectivity index is 2.76. The van der Waals surface area contributed by atoms with Crippen molar-refractivity contribution in [3.05, 3.63) is 0 Å². The monoisotopic (exact) mass is 400 g/mol. The van der Waals surface area contributed by atoms with Crippen LogP contribution in [-0.2, 0) is 19.0 Å². The van der Waals surface area contributed by atoms with Crippen molar-refractivity contribution >= 4 is 18.2 Å². The largest absolute Gasteiger partial charge is 0.469 e. The number of methoxy groups -OCH3 is 1. The SMILES string of the molecule is COC(=O)C[C@@H]1CCN(C(=O)OC(C)(C)C)CC[C@H]1CNC(=O)OC(C)(C)C. The van der Waals surface area contributed by atoms with E-state index in [4.69, 9.17) is 14.2 Å². The molecule has 1 heterocycles. The summed E-state index contributed by atoms with van der Waals surface area (Å²) < 4.78 is 15.6. The molecule has 8 heteroatoms. The van der Waals surface area contributed by atoms with E-state index in [9.17, 15) is 14.4 Å². The number of hydrogen-bond donors (Lipinski definition) is 1. The molecule has 1 saturated heterocycles. The highest BCUT2D eigenvalue weighted by Gasteiger charge is 2.32. The molecule has 0 bridgehead atoms. The molecular formula is C20H36N2O6. The molecule has 0 spiro atoms. The van der Waals surface area contributed by atoms with Gasteiger partial charge in [0.15, 0.2) is 0 Å². The summed E-state index contributed by atoms with van der Waals surface area (Å²) in [5.41, 5.74) is -1.14. The molecule has 162 valence electrons. The smallest absolute Gasteiger partial charge is 0.410 e. The highest BCUT2D eigenvalue weighted by molar-refractivity contribution is 5.70. The molecule has 28 heavy (non-hydrogen) atoms. The average molecular weight is 401 g/mol. The molecule has 0 saturated carbocycles. The van der Waals surface area contributed by atoms with Gasteiger partial charge in [0.25, 0.3) is 0 Å². The highest BCUT2D eigenvalue weighted by Crippen LogP contribution is 2.28. The number of amides is 2. The normalized spacial score (nSPS) is 20.8. The van der Waals surface area contributed by atoms with Crippen LogP contribution in [0, 0.1) is 11.8 Å². The van der Waals surface area contributed by atoms with E-state index in [2.05, 4.69) is 5.32 Å². The Morgan fingerprint density at radius 1 is 0.929 bits per heavy atom. The molecule has 0 aromatic carbocycles. The predicted molar refractivity (Wildman–Crippen MR) is 105 cm³/mol. The molecule has 0 aromatic rings. The zero-order valence-corrected chi connectivity index (χ0v) is 18.3. The quantitative estimate of drug-likeness (QED) is 0.575. The van der Waals surface area contributed by atoms with Gasteiger partial charge in [-0.25, -0.2) is 9.59 Å². The van der Waals surface area contributed by atoms with Crippen molar-refractivity contribution in [3.8, 4) is 0 Å². The van der Waals surface area contributed by atoms with E-state index in [0.29, 0.717) is 32.5 Å². The van der Waals surface area contributed by atoms with Crippen LogP contribution in [-0.4, -0.2) is 61.0 Å². The van der Waals surface area contributed by atoms with E-state index in [0.717, 1.165) is 0 Å². The van der Waals surface area contributed by atoms with Gasteiger partial charge in [-0.05, 0) is 66.2 Å². The topological polar surface area (TPSA) is 94.2 Å². The molecule has 0 unspecified atom stereocenters. The van der Waals surface area contributed by atoms with Crippen LogP contribution in [0.25, 0.3) is 0 Å². The number of nitrogens with zero attached hydrogens (tertiary/aromatic N) is 1. The molecule has 8 nitrogen and oxygen atoms in total. The first-order chi connectivity index (χ1) is 12.8. The van der Waals surface area contributed by atoms with Crippen molar-refractivity contribution in [2.75, 3.05) is 26.7 Å². The second-order valence-electron chi connectivity index (χ2n) is 9.23. The maximum absolute atomic E-state index is 12.4. The number of hydrogen-bond acceptors (Lipinski definition) is 6. The number of likely N-dealkylation sites (tertiary alicyclic amines) is 1. The Morgan fingerprint density at radius 2 is 1.46 bits per heavy atom. The van der Waals surface area contributed by atoms with E-state index in [-0.39, 0.29) is 30.3 Å². The Morgan fingerprint density at radius 3 is 1.96 bits per heavy atom. The van der Waals surface area contributed by atoms with Gasteiger partial charge in [0.1, 0.15) is 11.2 Å². The molecule has 1 fully saturated rings. The lowest BCUT2D eigenvalue weighted by Gasteiger charge is -2.26. The van der Waals surface area contributed by atoms with E-state index in [1.54, 1.807) is 25.7 Å². The summed E-state index contributed by atoms with van der Waals surface area (Å²) in [5.74, 6) is -0.271. The summed E-state index contributed by atoms with van der Waals surface area (Å²) in [7, 11) is 1.36. The van der Waals surface area contributed by atoms with E-state index >= 15 is 0 Å². The molecule has 0 radical (unpaired) electrons. The van der Waals surface area contributed by atoms with Gasteiger partial charge in [-0.1, -0.05) is 0 Å². The molecule has 1 aliphatic rings. The number of carbonyl (C=O) groups excluding carboxylic acids is 3. The fourth-order valence-electron chi connectivity index (χ4n) is 3.10. The number of ether oxygens (including phenoxy) is 3. The minimum absolute atomic E-state index is 0.00479. The maximum Gasteiger partial charge on any atom is 0.410 e. The van der Waals surface area contributed by atoms with Crippen LogP contribution < -0.4 is 5.32 Å². The molecule has 1 N–H and O–H groups in total. The third kappa shape index (κ3) is 9.28. The van der Waals surface area contributed by atoms with Gasteiger partial charge < -0.3 is 24.4 Å². The van der Waals surface area contributed by atoms with E-state index in [1.165, 1.54) is 7.11 Å². The number of rotatable bonds is 4. The summed E-state index contributed by atoms with van der Waals surface area (Å²) in [4.78, 5) is 37.9. The lowest BCUT2D eigenvalue weighted by atomic mass is 9.85. The van der Waals surface area contributed by atoms with E-state index < -0.39 is 17.3 Å². The number of carbonyl (C=O) groups is 3. The summed E-state index contributed by atoms with van der Waals surface area (Å²) in [6, 6.07) is 0. The van der Waals surface area contributed by atoms with Crippen LogP contribution in [0.4, 0.5) is 9.59 Å². The molecule has 2 amide bonds. The maximum atomic E-state index is 12.4. The zero-order chi connectivity index (χ0) is 21.5. The molecule has 1 aliphatic heterocycles. The Bertz CT molecular complexity index is 550. The van der Waals surface area contributed by atoms with Crippen molar-refractivity contribution < 1.29 is 28.6 Å². The van der Waals surface area contributed by atoms with Gasteiger partial charge in [0.05, 0.1) is 7.11 Å². The first kappa shape index (κ1) is 24.0. The summed E-state index contributed by atoms with van der Waals surface area (Å²) in [6.45, 7) is 12.3. The fraction of sp³-hybridized carbons (Fsp3) is 0.850. The summed E-state index contributed by atoms with van der Waals surface area (Å²) in [6.07, 6.45) is 0.688. The van der Waals surface area contributed by atoms with Crippen LogP contribution in [0.5, 0.6) is 0 Å². The Kier molecular flexibility index (Phi) is 8.57. The van der Waals surface area contributed by atoms with Gasteiger partial charge in [-0.15, -0.1) is 0 Å². The molecule has 2 atom stereocenters. The molecule has 0 aliphatic carbocycles. The van der Waals surface area contributed by atoms with Gasteiger partial charge in [-0.2, -0.15) is 0 Å². The van der Waals surface area contributed by atoms with Gasteiger partial charge in [-0.3, -0.25) is 4.79 Å². The minimum Gasteiger partial charge on any atom is -0.469 e. The third-order valence-electron chi connectivity index (χ3n) is 4.42. The van der Waals surface area contributed by atoms with Gasteiger partial charge in [0, 0.05) is 26.1 Å². The van der Waals surface area contributed by atoms with Crippen LogP contribution in [0.3, 0.4) is 0 Å². The lowest BCUT2D eigenvalue weighted by Crippen LogP contribution is -2.38. The van der Waals surface area contributed by atoms with Crippen molar-refractivity contribution in [2.24, 2.45) is 11.8 Å². The Labute approximate surface area is 168 Å². The number of esters is 1. The number of nitrogens with one attached hydrogen (secondary N) is 1. The van der Waals surface area contributed by atoms with Crippen LogP contribution in [0.1, 0.15) is 60.8 Å². The molecule has 1 rings (SSSR count). The van der Waals surface area contributed by atoms with Crippen molar-refractivity contribution in [1.29, 1.82) is 0 Å². The minimum atomic E-state index is -0.577. The van der Waals surface area contributed by atoms with Crippen molar-refractivity contribution in [2.45, 2.75) is 72.0 Å². The molecular weight excluding hydrogens is 364 g/mol. The second kappa shape index (κ2) is 9.98. The fourth-order valence-corrected chi connectivity index (χ4v) is 3.10. The standard InChI is InChI=1S/C20H36N2O6/c1-19(2,3)27-17(24)21-13-15-9-11-22(18(25)28-20(4,5)6)10-8-14(15)12-16(23)26-7/h14-15H,8-13H2,1-7H3,(H,21,24)/t14-,15-/m0/s1. The molecule has 0 aromatic heterocycles. The summed E-state index contributed by atoms with van der Waals surface area (Å²) >= 11 is 0. The zero-order valence-electron chi connectivity index (χ0n) is 18.3.